The minimum absolute atomic E-state index is 0.115. The number of nitrogens with two attached hydrogens (primary N) is 1. The van der Waals surface area contributed by atoms with Crippen molar-refractivity contribution in [1.82, 2.24) is 9.78 Å². The summed E-state index contributed by atoms with van der Waals surface area (Å²) in [5.41, 5.74) is 5.92. The molecule has 0 unspecified atom stereocenters. The van der Waals surface area contributed by atoms with Gasteiger partial charge in [-0.15, -0.1) is 0 Å². The van der Waals surface area contributed by atoms with Crippen molar-refractivity contribution in [2.45, 2.75) is 45.1 Å². The van der Waals surface area contributed by atoms with Gasteiger partial charge in [0.2, 0.25) is 0 Å². The predicted molar refractivity (Wildman–Crippen MR) is 78.0 cm³/mol. The molecule has 0 aliphatic heterocycles. The van der Waals surface area contributed by atoms with Crippen molar-refractivity contribution in [3.63, 3.8) is 0 Å². The first kappa shape index (κ1) is 15.8. The maximum atomic E-state index is 11.8. The second kappa shape index (κ2) is 6.27. The second-order valence-corrected chi connectivity index (χ2v) is 7.14. The first-order valence-corrected chi connectivity index (χ1v) is 8.46. The monoisotopic (exact) mass is 288 g/mol. The number of sulfone groups is 1. The van der Waals surface area contributed by atoms with Gasteiger partial charge in [-0.3, -0.25) is 0 Å². The van der Waals surface area contributed by atoms with E-state index in [-0.39, 0.29) is 10.7 Å². The summed E-state index contributed by atoms with van der Waals surface area (Å²) in [5.74, 6) is 0.987. The zero-order valence-electron chi connectivity index (χ0n) is 12.1. The number of hydrogen-bond acceptors (Lipinski definition) is 5. The minimum Gasteiger partial charge on any atom is -0.383 e. The molecule has 3 N–H and O–H groups in total. The standard InChI is InChI=1S/C12H24N4O2S/c1-5-6-7-16-11(13)10(19(4,17)18)12(15-16)14-8-9(2)3/h9H,5-8,13H2,1-4H3,(H,14,15). The molecule has 1 aromatic heterocycles. The van der Waals surface area contributed by atoms with E-state index < -0.39 is 9.84 Å². The lowest BCUT2D eigenvalue weighted by molar-refractivity contribution is 0.577. The number of unbranched alkanes of at least 4 members (excludes halogenated alkanes) is 1. The number of rotatable bonds is 7. The fraction of sp³-hybridized carbons (Fsp3) is 0.750. The lowest BCUT2D eigenvalue weighted by atomic mass is 10.2. The van der Waals surface area contributed by atoms with Crippen LogP contribution in [0.15, 0.2) is 4.90 Å². The fourth-order valence-electron chi connectivity index (χ4n) is 1.72. The molecule has 0 saturated heterocycles. The Morgan fingerprint density at radius 3 is 2.53 bits per heavy atom. The minimum atomic E-state index is -3.39. The van der Waals surface area contributed by atoms with Crippen molar-refractivity contribution in [2.24, 2.45) is 5.92 Å². The Morgan fingerprint density at radius 1 is 1.42 bits per heavy atom. The molecular formula is C12H24N4O2S. The second-order valence-electron chi connectivity index (χ2n) is 5.19. The number of nitrogen functional groups attached to an aromatic ring is 1. The Balaban J connectivity index is 3.13. The Kier molecular flexibility index (Phi) is 5.22. The Hall–Kier alpha value is -1.24. The molecule has 0 atom stereocenters. The molecular weight excluding hydrogens is 264 g/mol. The van der Waals surface area contributed by atoms with Crippen molar-refractivity contribution in [1.29, 1.82) is 0 Å². The van der Waals surface area contributed by atoms with E-state index in [1.54, 1.807) is 4.68 Å². The zero-order chi connectivity index (χ0) is 14.6. The molecule has 110 valence electrons. The molecule has 0 spiro atoms. The zero-order valence-corrected chi connectivity index (χ0v) is 12.9. The van der Waals surface area contributed by atoms with Gasteiger partial charge in [-0.05, 0) is 12.3 Å². The first-order chi connectivity index (χ1) is 8.77. The highest BCUT2D eigenvalue weighted by molar-refractivity contribution is 7.91. The van der Waals surface area contributed by atoms with Gasteiger partial charge in [0.25, 0.3) is 0 Å². The molecule has 7 heteroatoms. The van der Waals surface area contributed by atoms with E-state index in [1.807, 2.05) is 13.8 Å². The van der Waals surface area contributed by atoms with E-state index in [4.69, 9.17) is 5.73 Å². The summed E-state index contributed by atoms with van der Waals surface area (Å²) in [4.78, 5) is 0.115. The summed E-state index contributed by atoms with van der Waals surface area (Å²) in [6.45, 7) is 7.45. The molecule has 0 saturated carbocycles. The van der Waals surface area contributed by atoms with Crippen LogP contribution in [0.2, 0.25) is 0 Å². The van der Waals surface area contributed by atoms with Gasteiger partial charge in [0.05, 0.1) is 0 Å². The third kappa shape index (κ3) is 4.12. The topological polar surface area (TPSA) is 90.0 Å². The lowest BCUT2D eigenvalue weighted by Crippen LogP contribution is -2.11. The van der Waals surface area contributed by atoms with E-state index in [0.717, 1.165) is 19.1 Å². The molecule has 0 bridgehead atoms. The molecule has 0 aromatic carbocycles. The SMILES string of the molecule is CCCCn1nc(NCC(C)C)c(S(C)(=O)=O)c1N. The summed E-state index contributed by atoms with van der Waals surface area (Å²) in [7, 11) is -3.39. The van der Waals surface area contributed by atoms with E-state index in [9.17, 15) is 8.42 Å². The summed E-state index contributed by atoms with van der Waals surface area (Å²) >= 11 is 0. The van der Waals surface area contributed by atoms with Crippen molar-refractivity contribution < 1.29 is 8.42 Å². The van der Waals surface area contributed by atoms with E-state index in [0.29, 0.717) is 24.8 Å². The number of nitrogens with one attached hydrogen (secondary N) is 1. The van der Waals surface area contributed by atoms with Gasteiger partial charge in [-0.25, -0.2) is 13.1 Å². The van der Waals surface area contributed by atoms with Crippen LogP contribution in [0.4, 0.5) is 11.6 Å². The van der Waals surface area contributed by atoms with Gasteiger partial charge in [-0.1, -0.05) is 27.2 Å². The number of aromatic nitrogens is 2. The summed E-state index contributed by atoms with van der Waals surface area (Å²) in [5, 5.41) is 7.35. The molecule has 1 aromatic rings. The number of aryl methyl sites for hydroxylation is 1. The molecule has 0 amide bonds. The van der Waals surface area contributed by atoms with Gasteiger partial charge >= 0.3 is 0 Å². The Morgan fingerprint density at radius 2 is 2.05 bits per heavy atom. The van der Waals surface area contributed by atoms with E-state index in [2.05, 4.69) is 17.3 Å². The first-order valence-electron chi connectivity index (χ1n) is 6.57. The van der Waals surface area contributed by atoms with Gasteiger partial charge in [0, 0.05) is 19.3 Å². The summed E-state index contributed by atoms with van der Waals surface area (Å²) in [6.07, 6.45) is 3.08. The molecule has 0 fully saturated rings. The predicted octanol–water partition coefficient (Wildman–Crippen LogP) is 1.74. The van der Waals surface area contributed by atoms with E-state index >= 15 is 0 Å². The van der Waals surface area contributed by atoms with Gasteiger partial charge in [-0.2, -0.15) is 5.10 Å². The van der Waals surface area contributed by atoms with Crippen molar-refractivity contribution in [2.75, 3.05) is 23.9 Å². The van der Waals surface area contributed by atoms with Gasteiger partial charge in [0.1, 0.15) is 5.82 Å². The van der Waals surface area contributed by atoms with Crippen LogP contribution in [-0.2, 0) is 16.4 Å². The third-order valence-electron chi connectivity index (χ3n) is 2.72. The van der Waals surface area contributed by atoms with Crippen LogP contribution >= 0.6 is 0 Å². The number of anilines is 2. The Labute approximate surface area is 115 Å². The molecule has 19 heavy (non-hydrogen) atoms. The van der Waals surface area contributed by atoms with Crippen LogP contribution in [0, 0.1) is 5.92 Å². The normalized spacial score (nSPS) is 12.1. The fourth-order valence-corrected chi connectivity index (χ4v) is 2.67. The van der Waals surface area contributed by atoms with Gasteiger partial charge < -0.3 is 11.1 Å². The molecule has 0 radical (unpaired) electrons. The van der Waals surface area contributed by atoms with Crippen LogP contribution in [0.1, 0.15) is 33.6 Å². The number of hydrogen-bond donors (Lipinski definition) is 2. The van der Waals surface area contributed by atoms with E-state index in [1.165, 1.54) is 0 Å². The van der Waals surface area contributed by atoms with Crippen molar-refractivity contribution in [3.05, 3.63) is 0 Å². The lowest BCUT2D eigenvalue weighted by Gasteiger charge is -2.07. The Bertz CT molecular complexity index is 520. The highest BCUT2D eigenvalue weighted by atomic mass is 32.2. The van der Waals surface area contributed by atoms with Crippen molar-refractivity contribution >= 4 is 21.5 Å². The highest BCUT2D eigenvalue weighted by Gasteiger charge is 2.23. The van der Waals surface area contributed by atoms with Crippen LogP contribution in [0.5, 0.6) is 0 Å². The molecule has 6 nitrogen and oxygen atoms in total. The van der Waals surface area contributed by atoms with Crippen LogP contribution in [-0.4, -0.2) is 31.0 Å². The largest absolute Gasteiger partial charge is 0.383 e. The van der Waals surface area contributed by atoms with Crippen LogP contribution < -0.4 is 11.1 Å². The van der Waals surface area contributed by atoms with Gasteiger partial charge in [0.15, 0.2) is 20.6 Å². The summed E-state index contributed by atoms with van der Waals surface area (Å²) < 4.78 is 25.2. The average Bonchev–Trinajstić information content (AvgIpc) is 2.60. The molecule has 1 heterocycles. The molecule has 0 aliphatic rings. The quantitative estimate of drug-likeness (QED) is 0.797. The maximum absolute atomic E-state index is 11.8. The van der Waals surface area contributed by atoms with Crippen LogP contribution in [0.25, 0.3) is 0 Å². The summed E-state index contributed by atoms with van der Waals surface area (Å²) in [6, 6.07) is 0. The third-order valence-corrected chi connectivity index (χ3v) is 3.86. The molecule has 1 rings (SSSR count). The van der Waals surface area contributed by atoms with Crippen molar-refractivity contribution in [3.8, 4) is 0 Å². The highest BCUT2D eigenvalue weighted by Crippen LogP contribution is 2.27. The molecule has 0 aliphatic carbocycles. The number of nitrogens with zero attached hydrogens (tertiary/aromatic N) is 2. The van der Waals surface area contributed by atoms with Crippen LogP contribution in [0.3, 0.4) is 0 Å². The maximum Gasteiger partial charge on any atom is 0.182 e. The average molecular weight is 288 g/mol. The smallest absolute Gasteiger partial charge is 0.182 e.